The van der Waals surface area contributed by atoms with E-state index in [2.05, 4.69) is 5.32 Å². The molecule has 0 aromatic heterocycles. The van der Waals surface area contributed by atoms with Gasteiger partial charge in [0.2, 0.25) is 5.91 Å². The molecule has 34 heavy (non-hydrogen) atoms. The second-order valence-electron chi connectivity index (χ2n) is 8.83. The first-order valence-electron chi connectivity index (χ1n) is 10.9. The minimum absolute atomic E-state index is 0.0305. The van der Waals surface area contributed by atoms with E-state index in [-0.39, 0.29) is 19.8 Å². The number of carbonyl (C=O) groups excluding carboxylic acids is 3. The van der Waals surface area contributed by atoms with Crippen molar-refractivity contribution in [3.8, 4) is 0 Å². The van der Waals surface area contributed by atoms with Crippen LogP contribution in [0, 0.1) is 5.92 Å². The highest BCUT2D eigenvalue weighted by atomic mass is 32.2. The van der Waals surface area contributed by atoms with Gasteiger partial charge in [-0.25, -0.2) is 18.0 Å². The number of nitrogens with zero attached hydrogens (tertiary/aromatic N) is 1. The number of rotatable bonds is 7. The number of β-lactam (4-membered cyclic amide) rings is 1. The van der Waals surface area contributed by atoms with Crippen LogP contribution in [0.5, 0.6) is 0 Å². The number of carbonyl (C=O) groups is 3. The fourth-order valence-electron chi connectivity index (χ4n) is 4.35. The van der Waals surface area contributed by atoms with Gasteiger partial charge in [0.15, 0.2) is 9.84 Å². The van der Waals surface area contributed by atoms with Gasteiger partial charge in [-0.1, -0.05) is 60.7 Å². The van der Waals surface area contributed by atoms with Crippen LogP contribution in [0.4, 0.5) is 4.79 Å². The van der Waals surface area contributed by atoms with Crippen LogP contribution in [-0.4, -0.2) is 54.0 Å². The van der Waals surface area contributed by atoms with Crippen molar-refractivity contribution >= 4 is 27.8 Å². The van der Waals surface area contributed by atoms with Gasteiger partial charge in [-0.3, -0.25) is 4.79 Å². The molecular weight excluding hydrogens is 460 g/mol. The Morgan fingerprint density at radius 3 is 2.03 bits per heavy atom. The summed E-state index contributed by atoms with van der Waals surface area (Å²) in [6.45, 7) is 2.63. The first-order chi connectivity index (χ1) is 16.1. The van der Waals surface area contributed by atoms with Crippen LogP contribution in [0.2, 0.25) is 0 Å². The zero-order valence-corrected chi connectivity index (χ0v) is 19.7. The quantitative estimate of drug-likeness (QED) is 0.470. The van der Waals surface area contributed by atoms with Crippen molar-refractivity contribution in [2.45, 2.75) is 43.2 Å². The van der Waals surface area contributed by atoms with Crippen LogP contribution in [0.25, 0.3) is 0 Å². The monoisotopic (exact) mass is 486 g/mol. The molecule has 0 unspecified atom stereocenters. The molecule has 10 heteroatoms. The molecule has 0 spiro atoms. The molecule has 2 heterocycles. The van der Waals surface area contributed by atoms with E-state index >= 15 is 0 Å². The lowest BCUT2D eigenvalue weighted by molar-refractivity contribution is -0.167. The predicted molar refractivity (Wildman–Crippen MR) is 122 cm³/mol. The van der Waals surface area contributed by atoms with Crippen LogP contribution >= 0.6 is 0 Å². The van der Waals surface area contributed by atoms with E-state index < -0.39 is 49.9 Å². The average molecular weight is 487 g/mol. The van der Waals surface area contributed by atoms with Crippen LogP contribution in [0.1, 0.15) is 25.0 Å². The van der Waals surface area contributed by atoms with Crippen molar-refractivity contribution < 1.29 is 32.3 Å². The number of alkyl carbamates (subject to hydrolysis) is 1. The Balaban J connectivity index is 1.39. The van der Waals surface area contributed by atoms with Crippen LogP contribution in [-0.2, 0) is 42.1 Å². The molecule has 2 aliphatic heterocycles. The summed E-state index contributed by atoms with van der Waals surface area (Å²) in [5.41, 5.74) is 1.54. The normalized spacial score (nSPS) is 24.0. The Bertz CT molecular complexity index is 1180. The van der Waals surface area contributed by atoms with Gasteiger partial charge in [0.1, 0.15) is 24.6 Å². The summed E-state index contributed by atoms with van der Waals surface area (Å²) in [5.74, 6) is -2.30. The lowest BCUT2D eigenvalue weighted by Gasteiger charge is -2.42. The Morgan fingerprint density at radius 1 is 0.941 bits per heavy atom. The van der Waals surface area contributed by atoms with Crippen LogP contribution in [0.15, 0.2) is 60.7 Å². The largest absolute Gasteiger partial charge is 0.459 e. The Morgan fingerprint density at radius 2 is 1.47 bits per heavy atom. The number of sulfone groups is 1. The summed E-state index contributed by atoms with van der Waals surface area (Å²) < 4.78 is 35.4. The molecule has 0 bridgehead atoms. The molecule has 0 aliphatic carbocycles. The maximum absolute atomic E-state index is 13.2. The first-order valence-corrected chi connectivity index (χ1v) is 12.4. The fourth-order valence-corrected chi connectivity index (χ4v) is 6.67. The summed E-state index contributed by atoms with van der Waals surface area (Å²) in [6.07, 6.45) is -0.761. The van der Waals surface area contributed by atoms with Crippen molar-refractivity contribution in [3.05, 3.63) is 71.8 Å². The number of esters is 1. The van der Waals surface area contributed by atoms with Gasteiger partial charge in [0.05, 0.1) is 10.7 Å². The topological polar surface area (TPSA) is 119 Å². The van der Waals surface area contributed by atoms with Gasteiger partial charge < -0.3 is 19.7 Å². The van der Waals surface area contributed by atoms with Crippen LogP contribution < -0.4 is 5.32 Å². The molecule has 4 rings (SSSR count). The number of hydrogen-bond donors (Lipinski definition) is 1. The van der Waals surface area contributed by atoms with Gasteiger partial charge in [-0.15, -0.1) is 0 Å². The van der Waals surface area contributed by atoms with E-state index in [0.29, 0.717) is 0 Å². The zero-order chi connectivity index (χ0) is 24.5. The zero-order valence-electron chi connectivity index (χ0n) is 18.8. The molecule has 2 aromatic rings. The van der Waals surface area contributed by atoms with Gasteiger partial charge in [-0.2, -0.15) is 0 Å². The molecule has 0 radical (unpaired) electrons. The Hall–Kier alpha value is -3.40. The van der Waals surface area contributed by atoms with Crippen molar-refractivity contribution in [2.24, 2.45) is 5.92 Å². The number of ether oxygens (including phenoxy) is 2. The third-order valence-corrected chi connectivity index (χ3v) is 9.19. The highest BCUT2D eigenvalue weighted by molar-refractivity contribution is 7.93. The Labute approximate surface area is 198 Å². The molecule has 180 valence electrons. The average Bonchev–Trinajstić information content (AvgIpc) is 2.97. The SMILES string of the molecule is CC1(C)[C@H](C(=O)OCc2ccccc2)N2C(=O)[C@H](CNC(=O)OCc3ccccc3)[C@H]2S1(=O)=O. The van der Waals surface area contributed by atoms with Gasteiger partial charge in [0.25, 0.3) is 0 Å². The van der Waals surface area contributed by atoms with Gasteiger partial charge in [-0.05, 0) is 25.0 Å². The summed E-state index contributed by atoms with van der Waals surface area (Å²) in [7, 11) is -3.92. The summed E-state index contributed by atoms with van der Waals surface area (Å²) in [6, 6.07) is 16.8. The number of benzene rings is 2. The minimum atomic E-state index is -3.92. The minimum Gasteiger partial charge on any atom is -0.459 e. The number of nitrogens with one attached hydrogen (secondary N) is 1. The second-order valence-corrected chi connectivity index (χ2v) is 11.5. The highest BCUT2D eigenvalue weighted by Gasteiger charge is 2.72. The lowest BCUT2D eigenvalue weighted by Crippen LogP contribution is -2.66. The molecule has 1 N–H and O–H groups in total. The van der Waals surface area contributed by atoms with Gasteiger partial charge >= 0.3 is 12.1 Å². The van der Waals surface area contributed by atoms with E-state index in [0.717, 1.165) is 16.0 Å². The maximum Gasteiger partial charge on any atom is 0.407 e. The molecule has 2 amide bonds. The van der Waals surface area contributed by atoms with Crippen molar-refractivity contribution in [1.82, 2.24) is 10.2 Å². The fraction of sp³-hybridized carbons (Fsp3) is 0.375. The van der Waals surface area contributed by atoms with Crippen LogP contribution in [0.3, 0.4) is 0 Å². The van der Waals surface area contributed by atoms with Crippen molar-refractivity contribution in [2.75, 3.05) is 6.54 Å². The summed E-state index contributed by atoms with van der Waals surface area (Å²) in [4.78, 5) is 38.9. The van der Waals surface area contributed by atoms with E-state index in [1.165, 1.54) is 13.8 Å². The molecular formula is C24H26N2O7S. The molecule has 2 saturated heterocycles. The van der Waals surface area contributed by atoms with E-state index in [1.54, 1.807) is 36.4 Å². The first kappa shape index (κ1) is 23.7. The molecule has 9 nitrogen and oxygen atoms in total. The van der Waals surface area contributed by atoms with E-state index in [4.69, 9.17) is 9.47 Å². The smallest absolute Gasteiger partial charge is 0.407 e. The number of hydrogen-bond acceptors (Lipinski definition) is 7. The van der Waals surface area contributed by atoms with E-state index in [9.17, 15) is 22.8 Å². The number of fused-ring (bicyclic) bond motifs is 1. The summed E-state index contributed by atoms with van der Waals surface area (Å²) >= 11 is 0. The van der Waals surface area contributed by atoms with Crippen molar-refractivity contribution in [3.63, 3.8) is 0 Å². The number of amides is 2. The summed E-state index contributed by atoms with van der Waals surface area (Å²) in [5, 5.41) is 1.25. The molecule has 2 aliphatic rings. The molecule has 2 aromatic carbocycles. The van der Waals surface area contributed by atoms with Gasteiger partial charge in [0, 0.05) is 6.54 Å². The highest BCUT2D eigenvalue weighted by Crippen LogP contribution is 2.48. The standard InChI is InChI=1S/C24H26N2O7S/c1-24(2)19(22(28)32-14-16-9-5-3-6-10-16)26-20(27)18(21(26)34(24,30)31)13-25-23(29)33-15-17-11-7-4-8-12-17/h3-12,18-19,21H,13-15H2,1-2H3,(H,25,29)/t18-,19-,21+/m0/s1. The second kappa shape index (κ2) is 9.09. The molecule has 3 atom stereocenters. The lowest BCUT2D eigenvalue weighted by atomic mass is 9.91. The van der Waals surface area contributed by atoms with E-state index in [1.807, 2.05) is 24.3 Å². The van der Waals surface area contributed by atoms with Crippen molar-refractivity contribution in [1.29, 1.82) is 0 Å². The third kappa shape index (κ3) is 4.13. The predicted octanol–water partition coefficient (Wildman–Crippen LogP) is 2.02. The molecule has 2 fully saturated rings. The maximum atomic E-state index is 13.2. The molecule has 0 saturated carbocycles. The Kier molecular flexibility index (Phi) is 6.35. The third-order valence-electron chi connectivity index (χ3n) is 6.30.